The van der Waals surface area contributed by atoms with E-state index in [4.69, 9.17) is 14.7 Å². The summed E-state index contributed by atoms with van der Waals surface area (Å²) in [5, 5.41) is 15.8. The van der Waals surface area contributed by atoms with Gasteiger partial charge in [-0.25, -0.2) is 13.8 Å². The zero-order valence-electron chi connectivity index (χ0n) is 26.8. The molecule has 2 aromatic carbocycles. The normalized spacial score (nSPS) is 27.9. The number of nitrogens with one attached hydrogen (secondary N) is 1. The molecule has 0 amide bonds. The van der Waals surface area contributed by atoms with Crippen LogP contribution in [0.15, 0.2) is 24.3 Å². The minimum absolute atomic E-state index is 0.00237. The number of ether oxygens (including phenoxy) is 2. The Labute approximate surface area is 278 Å². The Morgan fingerprint density at radius 3 is 2.76 bits per heavy atom. The van der Waals surface area contributed by atoms with E-state index in [1.165, 1.54) is 18.2 Å². The fourth-order valence-corrected chi connectivity index (χ4v) is 9.34. The number of aromatic hydroxyl groups is 1. The van der Waals surface area contributed by atoms with Gasteiger partial charge in [-0.2, -0.15) is 9.97 Å². The highest BCUT2D eigenvalue weighted by Gasteiger charge is 2.52. The van der Waals surface area contributed by atoms with E-state index in [9.17, 15) is 22.7 Å². The van der Waals surface area contributed by atoms with Crippen LogP contribution < -0.4 is 15.0 Å². The highest BCUT2D eigenvalue weighted by molar-refractivity contribution is 6.02. The molecule has 2 aromatic heterocycles. The van der Waals surface area contributed by atoms with Crippen molar-refractivity contribution in [1.82, 2.24) is 25.2 Å². The number of phenolic OH excluding ortho intramolecular Hbond substituents is 1. The van der Waals surface area contributed by atoms with E-state index >= 15 is 4.39 Å². The van der Waals surface area contributed by atoms with Gasteiger partial charge >= 0.3 is 12.4 Å². The SMILES string of the molecule is Cc1c(F)ccc2cc(O)cc(-c3nc4c5c(nc(OCC67CCCN6C[C@@H](OC(F)(F)F)C7)nc5c3F)N3C[C@H]5CC[C@H](N5)[C@H]3CC4)c12. The fraction of sp³-hybridized carbons (Fsp3) is 0.514. The Bertz CT molecular complexity index is 2010. The monoisotopic (exact) mass is 682 g/mol. The van der Waals surface area contributed by atoms with Gasteiger partial charge in [0.05, 0.1) is 22.7 Å². The van der Waals surface area contributed by atoms with E-state index in [2.05, 4.69) is 19.9 Å². The molecule has 1 unspecified atom stereocenters. The second kappa shape index (κ2) is 11.1. The van der Waals surface area contributed by atoms with Gasteiger partial charge in [0.25, 0.3) is 0 Å². The molecule has 2 bridgehead atoms. The van der Waals surface area contributed by atoms with Crippen LogP contribution in [0.25, 0.3) is 32.9 Å². The van der Waals surface area contributed by atoms with Crippen LogP contribution >= 0.6 is 0 Å². The van der Waals surface area contributed by atoms with Gasteiger partial charge in [0, 0.05) is 36.8 Å². The molecule has 7 heterocycles. The number of fused-ring (bicyclic) bond motifs is 7. The number of phenols is 1. The zero-order valence-corrected chi connectivity index (χ0v) is 26.8. The predicted octanol–water partition coefficient (Wildman–Crippen LogP) is 5.91. The molecule has 9 rings (SSSR count). The highest BCUT2D eigenvalue weighted by atomic mass is 19.4. The zero-order chi connectivity index (χ0) is 33.8. The first kappa shape index (κ1) is 31.1. The van der Waals surface area contributed by atoms with Gasteiger partial charge in [-0.1, -0.05) is 6.07 Å². The summed E-state index contributed by atoms with van der Waals surface area (Å²) in [6.45, 7) is 3.06. The number of nitrogens with zero attached hydrogens (tertiary/aromatic N) is 5. The minimum atomic E-state index is -4.74. The summed E-state index contributed by atoms with van der Waals surface area (Å²) in [5.74, 6) is -0.799. The third kappa shape index (κ3) is 5.08. The van der Waals surface area contributed by atoms with Gasteiger partial charge in [-0.15, -0.1) is 13.2 Å². The average Bonchev–Trinajstić information content (AvgIpc) is 3.69. The Balaban J connectivity index is 1.18. The van der Waals surface area contributed by atoms with Crippen molar-refractivity contribution in [3.8, 4) is 23.0 Å². The number of anilines is 1. The summed E-state index contributed by atoms with van der Waals surface area (Å²) in [5.41, 5.74) is 0.408. The van der Waals surface area contributed by atoms with E-state index in [-0.39, 0.29) is 66.2 Å². The topological polar surface area (TPSA) is 95.9 Å². The molecule has 14 heteroatoms. The number of aryl methyl sites for hydroxylation is 2. The molecular formula is C35H35F5N6O3. The van der Waals surface area contributed by atoms with E-state index in [1.807, 2.05) is 4.90 Å². The molecule has 5 aliphatic rings. The van der Waals surface area contributed by atoms with Gasteiger partial charge in [0.2, 0.25) is 0 Å². The lowest BCUT2D eigenvalue weighted by molar-refractivity contribution is -0.340. The molecule has 5 aliphatic heterocycles. The number of hydrogen-bond acceptors (Lipinski definition) is 9. The third-order valence-corrected chi connectivity index (χ3v) is 11.4. The summed E-state index contributed by atoms with van der Waals surface area (Å²) in [6, 6.07) is 6.23. The van der Waals surface area contributed by atoms with Crippen LogP contribution in [0.1, 0.15) is 49.8 Å². The number of benzene rings is 2. The van der Waals surface area contributed by atoms with E-state index in [0.29, 0.717) is 59.2 Å². The minimum Gasteiger partial charge on any atom is -0.508 e. The smallest absolute Gasteiger partial charge is 0.508 e. The Hall–Kier alpha value is -3.88. The maximum absolute atomic E-state index is 17.1. The van der Waals surface area contributed by atoms with Crippen LogP contribution in [0, 0.1) is 18.6 Å². The highest BCUT2D eigenvalue weighted by Crippen LogP contribution is 2.45. The number of piperazine rings is 1. The second-order valence-electron chi connectivity index (χ2n) is 14.3. The van der Waals surface area contributed by atoms with Gasteiger partial charge in [-0.05, 0) is 92.9 Å². The Kier molecular flexibility index (Phi) is 7.03. The number of rotatable bonds is 5. The van der Waals surface area contributed by atoms with Crippen LogP contribution in [0.4, 0.5) is 27.8 Å². The standard InChI is InChI=1S/C35H35F5N6O3/c1-17-23(36)5-3-18-11-20(47)12-22(27(17)18)30-29(37)31-28-25(42-30)7-8-26-24-6-4-19(41-24)14-46(26)32(28)44-33(43-31)48-16-34-9-2-10-45(34)15-21(13-34)49-35(38,39)40/h3,5,11-12,19,21,24,26,41,47H,2,4,6-10,13-16H2,1H3/t19-,21+,24+,26-,34?/m1/s1. The second-order valence-corrected chi connectivity index (χ2v) is 14.3. The Morgan fingerprint density at radius 2 is 1.92 bits per heavy atom. The van der Waals surface area contributed by atoms with E-state index < -0.39 is 29.6 Å². The molecule has 5 atom stereocenters. The molecule has 9 nitrogen and oxygen atoms in total. The van der Waals surface area contributed by atoms with Crippen LogP contribution in [0.2, 0.25) is 0 Å². The summed E-state index contributed by atoms with van der Waals surface area (Å²) in [6.07, 6.45) is -0.889. The quantitative estimate of drug-likeness (QED) is 0.249. The maximum atomic E-state index is 17.1. The van der Waals surface area contributed by atoms with Crippen LogP contribution in [0.5, 0.6) is 11.8 Å². The van der Waals surface area contributed by atoms with E-state index in [0.717, 1.165) is 25.7 Å². The molecule has 49 heavy (non-hydrogen) atoms. The molecular weight excluding hydrogens is 647 g/mol. The summed E-state index contributed by atoms with van der Waals surface area (Å²) >= 11 is 0. The molecule has 4 fully saturated rings. The molecule has 0 radical (unpaired) electrons. The molecule has 0 spiro atoms. The van der Waals surface area contributed by atoms with Crippen molar-refractivity contribution in [2.45, 2.75) is 88.0 Å². The van der Waals surface area contributed by atoms with Crippen LogP contribution in [-0.2, 0) is 11.2 Å². The number of pyridine rings is 1. The molecule has 2 N–H and O–H groups in total. The first-order valence-electron chi connectivity index (χ1n) is 16.9. The van der Waals surface area contributed by atoms with Crippen molar-refractivity contribution in [2.75, 3.05) is 31.1 Å². The largest absolute Gasteiger partial charge is 0.522 e. The average molecular weight is 683 g/mol. The Morgan fingerprint density at radius 1 is 1.06 bits per heavy atom. The van der Waals surface area contributed by atoms with Crippen molar-refractivity contribution in [3.05, 3.63) is 47.2 Å². The lowest BCUT2D eigenvalue weighted by atomic mass is 9.94. The molecule has 0 saturated carbocycles. The lowest BCUT2D eigenvalue weighted by Gasteiger charge is -2.41. The number of halogens is 5. The van der Waals surface area contributed by atoms with Crippen molar-refractivity contribution < 1.29 is 36.5 Å². The first-order chi connectivity index (χ1) is 23.5. The van der Waals surface area contributed by atoms with Crippen molar-refractivity contribution in [3.63, 3.8) is 0 Å². The fourth-order valence-electron chi connectivity index (χ4n) is 9.34. The van der Waals surface area contributed by atoms with Crippen molar-refractivity contribution in [1.29, 1.82) is 0 Å². The molecule has 258 valence electrons. The van der Waals surface area contributed by atoms with Gasteiger partial charge in [0.1, 0.15) is 35.2 Å². The van der Waals surface area contributed by atoms with Crippen molar-refractivity contribution >= 4 is 27.5 Å². The number of aromatic nitrogens is 3. The lowest BCUT2D eigenvalue weighted by Crippen LogP contribution is -2.58. The van der Waals surface area contributed by atoms with Gasteiger partial charge in [-0.3, -0.25) is 9.64 Å². The number of hydrogen-bond donors (Lipinski definition) is 2. The van der Waals surface area contributed by atoms with E-state index in [1.54, 1.807) is 13.0 Å². The first-order valence-corrected chi connectivity index (χ1v) is 16.9. The van der Waals surface area contributed by atoms with Crippen LogP contribution in [0.3, 0.4) is 0 Å². The third-order valence-electron chi connectivity index (χ3n) is 11.4. The summed E-state index contributed by atoms with van der Waals surface area (Å²) < 4.78 is 82.0. The van der Waals surface area contributed by atoms with Gasteiger partial charge < -0.3 is 20.1 Å². The molecule has 0 aliphatic carbocycles. The maximum Gasteiger partial charge on any atom is 0.522 e. The molecule has 4 saturated heterocycles. The van der Waals surface area contributed by atoms with Gasteiger partial charge in [0.15, 0.2) is 5.82 Å². The number of alkyl halides is 3. The van der Waals surface area contributed by atoms with Crippen LogP contribution in [-0.4, -0.2) is 87.3 Å². The molecule has 4 aromatic rings. The summed E-state index contributed by atoms with van der Waals surface area (Å²) in [7, 11) is 0. The predicted molar refractivity (Wildman–Crippen MR) is 171 cm³/mol. The summed E-state index contributed by atoms with van der Waals surface area (Å²) in [4.78, 5) is 18.6. The van der Waals surface area contributed by atoms with Crippen molar-refractivity contribution in [2.24, 2.45) is 0 Å².